The second-order valence-corrected chi connectivity index (χ2v) is 4.03. The third-order valence-corrected chi connectivity index (χ3v) is 3.27. The highest BCUT2D eigenvalue weighted by Gasteiger charge is 2.40. The molecule has 10 heavy (non-hydrogen) atoms. The molecule has 0 unspecified atom stereocenters. The van der Waals surface area contributed by atoms with Crippen molar-refractivity contribution in [2.24, 2.45) is 11.8 Å². The van der Waals surface area contributed by atoms with Gasteiger partial charge in [0.1, 0.15) is 5.78 Å². The maximum absolute atomic E-state index is 11.2. The van der Waals surface area contributed by atoms with Crippen LogP contribution in [0.25, 0.3) is 0 Å². The lowest BCUT2D eigenvalue weighted by Crippen LogP contribution is -2.39. The van der Waals surface area contributed by atoms with Crippen LogP contribution in [0.3, 0.4) is 0 Å². The number of fused-ring (bicyclic) bond motifs is 3. The van der Waals surface area contributed by atoms with E-state index in [-0.39, 0.29) is 11.3 Å². The van der Waals surface area contributed by atoms with Crippen LogP contribution in [-0.2, 0) is 4.79 Å². The largest absolute Gasteiger partial charge is 0.299 e. The molecule has 2 bridgehead atoms. The van der Waals surface area contributed by atoms with Gasteiger partial charge < -0.3 is 0 Å². The van der Waals surface area contributed by atoms with Gasteiger partial charge in [0.05, 0.1) is 0 Å². The first-order valence-corrected chi connectivity index (χ1v) is 4.38. The minimum absolute atomic E-state index is 0.167. The Kier molecular flexibility index (Phi) is 1.48. The van der Waals surface area contributed by atoms with Crippen molar-refractivity contribution >= 4 is 17.4 Å². The Morgan fingerprint density at radius 2 is 2.20 bits per heavy atom. The molecule has 56 valence electrons. The van der Waals surface area contributed by atoms with Crippen LogP contribution in [0.5, 0.6) is 0 Å². The summed E-state index contributed by atoms with van der Waals surface area (Å²) >= 11 is 5.99. The number of rotatable bonds is 0. The Labute approximate surface area is 65.7 Å². The zero-order chi connectivity index (χ0) is 7.14. The fourth-order valence-corrected chi connectivity index (χ4v) is 2.70. The van der Waals surface area contributed by atoms with Crippen LogP contribution >= 0.6 is 11.6 Å². The van der Waals surface area contributed by atoms with E-state index in [1.54, 1.807) is 0 Å². The second kappa shape index (κ2) is 2.23. The van der Waals surface area contributed by atoms with Crippen molar-refractivity contribution in [3.8, 4) is 0 Å². The van der Waals surface area contributed by atoms with Crippen molar-refractivity contribution < 1.29 is 4.79 Å². The minimum atomic E-state index is 0.167. The van der Waals surface area contributed by atoms with Crippen molar-refractivity contribution in [1.29, 1.82) is 0 Å². The molecule has 2 heteroatoms. The van der Waals surface area contributed by atoms with E-state index in [0.717, 1.165) is 19.3 Å². The first-order valence-electron chi connectivity index (χ1n) is 3.94. The maximum atomic E-state index is 11.2. The molecule has 0 saturated heterocycles. The second-order valence-electron chi connectivity index (χ2n) is 3.47. The predicted molar refractivity (Wildman–Crippen MR) is 40.1 cm³/mol. The van der Waals surface area contributed by atoms with E-state index in [4.69, 9.17) is 11.6 Å². The zero-order valence-electron chi connectivity index (χ0n) is 5.85. The summed E-state index contributed by atoms with van der Waals surface area (Å²) in [4.78, 5) is 11.2. The highest BCUT2D eigenvalue weighted by atomic mass is 35.5. The van der Waals surface area contributed by atoms with Gasteiger partial charge in [0.25, 0.3) is 0 Å². The minimum Gasteiger partial charge on any atom is -0.299 e. The van der Waals surface area contributed by atoms with Crippen LogP contribution in [0.4, 0.5) is 0 Å². The molecule has 3 fully saturated rings. The number of carbonyl (C=O) groups is 1. The third-order valence-electron chi connectivity index (χ3n) is 2.78. The summed E-state index contributed by atoms with van der Waals surface area (Å²) in [6.07, 6.45) is 4.18. The topological polar surface area (TPSA) is 17.1 Å². The van der Waals surface area contributed by atoms with Crippen LogP contribution in [-0.4, -0.2) is 11.2 Å². The molecule has 0 aromatic heterocycles. The van der Waals surface area contributed by atoms with Gasteiger partial charge in [0, 0.05) is 17.7 Å². The Balaban J connectivity index is 2.18. The Bertz CT molecular complexity index is 167. The highest BCUT2D eigenvalue weighted by Crippen LogP contribution is 2.41. The zero-order valence-corrected chi connectivity index (χ0v) is 6.60. The van der Waals surface area contributed by atoms with Crippen molar-refractivity contribution in [2.45, 2.75) is 31.1 Å². The smallest absolute Gasteiger partial charge is 0.137 e. The number of ketones is 1. The van der Waals surface area contributed by atoms with Gasteiger partial charge in [-0.3, -0.25) is 4.79 Å². The van der Waals surface area contributed by atoms with Gasteiger partial charge in [-0.25, -0.2) is 0 Å². The number of hydrogen-bond acceptors (Lipinski definition) is 1. The number of halogens is 1. The fourth-order valence-electron chi connectivity index (χ4n) is 2.18. The first kappa shape index (κ1) is 6.66. The SMILES string of the molecule is O=C1C[C@@H]2CC[C@H]1[C@H](Cl)C2. The van der Waals surface area contributed by atoms with Crippen molar-refractivity contribution in [3.63, 3.8) is 0 Å². The first-order chi connectivity index (χ1) is 4.77. The lowest BCUT2D eigenvalue weighted by atomic mass is 9.70. The maximum Gasteiger partial charge on any atom is 0.137 e. The van der Waals surface area contributed by atoms with E-state index in [2.05, 4.69) is 0 Å². The monoisotopic (exact) mass is 158 g/mol. The molecule has 0 spiro atoms. The van der Waals surface area contributed by atoms with Crippen molar-refractivity contribution in [1.82, 2.24) is 0 Å². The number of alkyl halides is 1. The molecule has 0 heterocycles. The molecule has 0 aromatic rings. The van der Waals surface area contributed by atoms with Gasteiger partial charge in [-0.2, -0.15) is 0 Å². The highest BCUT2D eigenvalue weighted by molar-refractivity contribution is 6.22. The molecule has 3 aliphatic rings. The molecule has 3 atom stereocenters. The van der Waals surface area contributed by atoms with Crippen LogP contribution < -0.4 is 0 Å². The quantitative estimate of drug-likeness (QED) is 0.493. The number of hydrogen-bond donors (Lipinski definition) is 0. The average Bonchev–Trinajstić information content (AvgIpc) is 1.86. The Hall–Kier alpha value is -0.0400. The van der Waals surface area contributed by atoms with Crippen LogP contribution in [0.15, 0.2) is 0 Å². The molecular weight excluding hydrogens is 148 g/mol. The summed E-state index contributed by atoms with van der Waals surface area (Å²) in [5.41, 5.74) is 0. The van der Waals surface area contributed by atoms with E-state index in [0.29, 0.717) is 11.7 Å². The van der Waals surface area contributed by atoms with Gasteiger partial charge in [-0.1, -0.05) is 0 Å². The standard InChI is InChI=1S/C8H11ClO/c9-7-3-5-1-2-6(7)8(10)4-5/h5-7H,1-4H2/t5-,6+,7-/m1/s1. The lowest BCUT2D eigenvalue weighted by Gasteiger charge is -2.37. The van der Waals surface area contributed by atoms with E-state index in [9.17, 15) is 4.79 Å². The summed E-state index contributed by atoms with van der Waals surface area (Å²) in [6.45, 7) is 0. The third kappa shape index (κ3) is 0.878. The predicted octanol–water partition coefficient (Wildman–Crippen LogP) is 1.98. The molecule has 0 amide bonds. The summed E-state index contributed by atoms with van der Waals surface area (Å²) in [5, 5.41) is 0.167. The van der Waals surface area contributed by atoms with Crippen molar-refractivity contribution in [2.75, 3.05) is 0 Å². The van der Waals surface area contributed by atoms with Crippen LogP contribution in [0.2, 0.25) is 0 Å². The molecule has 1 nitrogen and oxygen atoms in total. The average molecular weight is 159 g/mol. The van der Waals surface area contributed by atoms with E-state index >= 15 is 0 Å². The molecular formula is C8H11ClO. The summed E-state index contributed by atoms with van der Waals surface area (Å²) in [5.74, 6) is 1.26. The normalized spacial score (nSPS) is 46.1. The molecule has 3 rings (SSSR count). The van der Waals surface area contributed by atoms with Crippen LogP contribution in [0, 0.1) is 11.8 Å². The lowest BCUT2D eigenvalue weighted by molar-refractivity contribution is -0.128. The molecule has 0 N–H and O–H groups in total. The van der Waals surface area contributed by atoms with E-state index in [1.165, 1.54) is 6.42 Å². The van der Waals surface area contributed by atoms with Crippen molar-refractivity contribution in [3.05, 3.63) is 0 Å². The fraction of sp³-hybridized carbons (Fsp3) is 0.875. The Morgan fingerprint density at radius 3 is 2.60 bits per heavy atom. The van der Waals surface area contributed by atoms with Gasteiger partial charge in [-0.15, -0.1) is 11.6 Å². The van der Waals surface area contributed by atoms with Crippen LogP contribution in [0.1, 0.15) is 25.7 Å². The summed E-state index contributed by atoms with van der Waals surface area (Å²) in [6, 6.07) is 0. The number of Topliss-reactive ketones (excluding diaryl/α,β-unsaturated/α-hetero) is 1. The summed E-state index contributed by atoms with van der Waals surface area (Å²) in [7, 11) is 0. The summed E-state index contributed by atoms with van der Waals surface area (Å²) < 4.78 is 0. The molecule has 3 aliphatic carbocycles. The van der Waals surface area contributed by atoms with E-state index in [1.807, 2.05) is 0 Å². The molecule has 0 aromatic carbocycles. The number of carbonyl (C=O) groups excluding carboxylic acids is 1. The molecule has 0 radical (unpaired) electrons. The van der Waals surface area contributed by atoms with Gasteiger partial charge >= 0.3 is 0 Å². The van der Waals surface area contributed by atoms with Gasteiger partial charge in [-0.05, 0) is 25.2 Å². The molecule has 3 saturated carbocycles. The molecule has 0 aliphatic heterocycles. The van der Waals surface area contributed by atoms with E-state index < -0.39 is 0 Å². The Morgan fingerprint density at radius 1 is 1.40 bits per heavy atom. The van der Waals surface area contributed by atoms with Gasteiger partial charge in [0.15, 0.2) is 0 Å². The van der Waals surface area contributed by atoms with Gasteiger partial charge in [0.2, 0.25) is 0 Å².